The Kier molecular flexibility index (Phi) is 24.6. The Morgan fingerprint density at radius 2 is 0.656 bits per heavy atom. The zero-order chi connectivity index (χ0) is 23.8. The summed E-state index contributed by atoms with van der Waals surface area (Å²) in [6.07, 6.45) is 28.9. The fourth-order valence-corrected chi connectivity index (χ4v) is 17.0. The molecule has 3 heteroatoms. The van der Waals surface area contributed by atoms with Gasteiger partial charge in [-0.25, -0.2) is 0 Å². The molecule has 0 heterocycles. The molecule has 0 saturated carbocycles. The molecule has 0 aromatic rings. The second kappa shape index (κ2) is 24.4. The van der Waals surface area contributed by atoms with Crippen LogP contribution in [-0.2, 0) is 0 Å². The van der Waals surface area contributed by atoms with Crippen LogP contribution in [0.3, 0.4) is 0 Å². The Morgan fingerprint density at radius 3 is 0.875 bits per heavy atom. The number of rotatable bonds is 26. The van der Waals surface area contributed by atoms with E-state index in [2.05, 4.69) is 20.8 Å². The van der Waals surface area contributed by atoms with Crippen molar-refractivity contribution >= 4 is 22.4 Å². The molecule has 0 aliphatic rings. The van der Waals surface area contributed by atoms with Crippen molar-refractivity contribution in [3.05, 3.63) is 0 Å². The van der Waals surface area contributed by atoms with Gasteiger partial charge in [0.25, 0.3) is 0 Å². The van der Waals surface area contributed by atoms with Crippen molar-refractivity contribution in [2.24, 2.45) is 0 Å². The van der Waals surface area contributed by atoms with Crippen LogP contribution in [-0.4, -0.2) is 27.5 Å². The van der Waals surface area contributed by atoms with E-state index in [1.54, 1.807) is 0 Å². The van der Waals surface area contributed by atoms with E-state index in [0.717, 1.165) is 13.3 Å². The van der Waals surface area contributed by atoms with Crippen molar-refractivity contribution < 1.29 is 9.90 Å². The summed E-state index contributed by atoms with van der Waals surface area (Å²) in [5.74, 6) is 0. The fourth-order valence-electron chi connectivity index (χ4n) is 5.13. The molecule has 0 fully saturated rings. The quantitative estimate of drug-likeness (QED) is 0.0846. The van der Waals surface area contributed by atoms with E-state index in [9.17, 15) is 9.90 Å². The van der Waals surface area contributed by atoms with E-state index in [1.165, 1.54) is 141 Å². The molecule has 0 unspecified atom stereocenters. The molecule has 0 atom stereocenters. The van der Waals surface area contributed by atoms with Crippen molar-refractivity contribution in [2.45, 2.75) is 175 Å². The zero-order valence-electron chi connectivity index (χ0n) is 22.5. The van der Waals surface area contributed by atoms with Crippen LogP contribution in [0.5, 0.6) is 0 Å². The zero-order valence-corrected chi connectivity index (χ0v) is 25.4. The van der Waals surface area contributed by atoms with Gasteiger partial charge in [-0.1, -0.05) is 0 Å². The average molecular weight is 560 g/mol. The van der Waals surface area contributed by atoms with E-state index in [0.29, 0.717) is 0 Å². The SMILES string of the molecule is CCCCCCCCCCC[CH2][Sn]([CH2]CCCCCCC)([CH2]CCCCCCC)[C](=O)O. The summed E-state index contributed by atoms with van der Waals surface area (Å²) in [5, 5.41) is 10.3. The maximum absolute atomic E-state index is 12.5. The molecule has 2 nitrogen and oxygen atoms in total. The van der Waals surface area contributed by atoms with Crippen molar-refractivity contribution in [1.29, 1.82) is 0 Å². The maximum atomic E-state index is 12.5. The molecule has 0 radical (unpaired) electrons. The molecule has 32 heavy (non-hydrogen) atoms. The van der Waals surface area contributed by atoms with Crippen molar-refractivity contribution in [3.8, 4) is 0 Å². The molecule has 0 saturated heterocycles. The summed E-state index contributed by atoms with van der Waals surface area (Å²) >= 11 is -3.07. The Morgan fingerprint density at radius 1 is 0.438 bits per heavy atom. The first kappa shape index (κ1) is 32.3. The van der Waals surface area contributed by atoms with Crippen LogP contribution in [0.2, 0.25) is 13.3 Å². The third-order valence-corrected chi connectivity index (χ3v) is 21.3. The van der Waals surface area contributed by atoms with E-state index in [1.807, 2.05) is 0 Å². The van der Waals surface area contributed by atoms with Crippen LogP contribution in [0.25, 0.3) is 0 Å². The molecule has 0 aliphatic carbocycles. The molecule has 192 valence electrons. The van der Waals surface area contributed by atoms with E-state index in [-0.39, 0.29) is 3.99 Å². The van der Waals surface area contributed by atoms with Gasteiger partial charge >= 0.3 is 208 Å². The molecule has 0 bridgehead atoms. The van der Waals surface area contributed by atoms with Gasteiger partial charge in [0, 0.05) is 0 Å². The summed E-state index contributed by atoms with van der Waals surface area (Å²) in [4.78, 5) is 12.5. The van der Waals surface area contributed by atoms with Crippen molar-refractivity contribution in [2.75, 3.05) is 0 Å². The Balaban J connectivity index is 4.36. The first-order valence-corrected chi connectivity index (χ1v) is 22.3. The van der Waals surface area contributed by atoms with E-state index >= 15 is 0 Å². The van der Waals surface area contributed by atoms with Gasteiger partial charge in [-0.3, -0.25) is 0 Å². The normalized spacial score (nSPS) is 11.8. The fraction of sp³-hybridized carbons (Fsp3) is 0.966. The molecule has 0 rings (SSSR count). The number of hydrogen-bond acceptors (Lipinski definition) is 1. The van der Waals surface area contributed by atoms with Crippen LogP contribution in [0.4, 0.5) is 4.79 Å². The molecule has 0 spiro atoms. The summed E-state index contributed by atoms with van der Waals surface area (Å²) < 4.78 is 3.05. The minimum atomic E-state index is -3.07. The van der Waals surface area contributed by atoms with Crippen LogP contribution in [0.1, 0.15) is 162 Å². The van der Waals surface area contributed by atoms with Gasteiger partial charge in [0.05, 0.1) is 0 Å². The molecule has 0 aliphatic heterocycles. The minimum absolute atomic E-state index is 0.294. The van der Waals surface area contributed by atoms with Crippen LogP contribution in [0, 0.1) is 0 Å². The number of carbonyl (C=O) groups is 1. The van der Waals surface area contributed by atoms with Crippen LogP contribution >= 0.6 is 0 Å². The van der Waals surface area contributed by atoms with Gasteiger partial charge in [-0.2, -0.15) is 0 Å². The second-order valence-corrected chi connectivity index (χ2v) is 23.4. The van der Waals surface area contributed by atoms with Crippen molar-refractivity contribution in [1.82, 2.24) is 0 Å². The Hall–Kier alpha value is 0.269. The average Bonchev–Trinajstić information content (AvgIpc) is 2.79. The standard InChI is InChI=1S/C12H25.2C8H17.CHO2.Sn/c1-3-5-7-9-11-12-10-8-6-4-2;2*1-3-5-7-8-6-4-2;2-1-3;/h1,3-12H2,2H3;2*1,3-8H2,2H3;(H,2,3);. The van der Waals surface area contributed by atoms with Gasteiger partial charge in [-0.05, 0) is 0 Å². The molecule has 0 aromatic heterocycles. The molecular weight excluding hydrogens is 499 g/mol. The predicted molar refractivity (Wildman–Crippen MR) is 147 cm³/mol. The van der Waals surface area contributed by atoms with Crippen LogP contribution in [0.15, 0.2) is 0 Å². The van der Waals surface area contributed by atoms with E-state index in [4.69, 9.17) is 0 Å². The molecular formula is C29H60O2Sn. The second-order valence-electron chi connectivity index (χ2n) is 10.6. The molecule has 1 N–H and O–H groups in total. The van der Waals surface area contributed by atoms with Crippen LogP contribution < -0.4 is 0 Å². The molecule has 0 aromatic carbocycles. The molecule has 0 amide bonds. The topological polar surface area (TPSA) is 37.3 Å². The van der Waals surface area contributed by atoms with Gasteiger partial charge in [0.2, 0.25) is 0 Å². The summed E-state index contributed by atoms with van der Waals surface area (Å²) in [6.45, 7) is 6.80. The first-order valence-electron chi connectivity index (χ1n) is 14.9. The van der Waals surface area contributed by atoms with Gasteiger partial charge < -0.3 is 0 Å². The van der Waals surface area contributed by atoms with Gasteiger partial charge in [-0.15, -0.1) is 0 Å². The Bertz CT molecular complexity index is 381. The van der Waals surface area contributed by atoms with Crippen molar-refractivity contribution in [3.63, 3.8) is 0 Å². The van der Waals surface area contributed by atoms with E-state index < -0.39 is 18.4 Å². The summed E-state index contributed by atoms with van der Waals surface area (Å²) in [5.41, 5.74) is 0. The van der Waals surface area contributed by atoms with Gasteiger partial charge in [0.15, 0.2) is 0 Å². The number of hydrogen-bond donors (Lipinski definition) is 1. The number of carboxylic acid groups (broad SMARTS) is 1. The first-order chi connectivity index (χ1) is 15.6. The number of unbranched alkanes of at least 4 members (excludes halogenated alkanes) is 19. The Labute approximate surface area is 207 Å². The predicted octanol–water partition coefficient (Wildman–Crippen LogP) is 11.3. The summed E-state index contributed by atoms with van der Waals surface area (Å²) in [7, 11) is 0. The third kappa shape index (κ3) is 18.7. The monoisotopic (exact) mass is 560 g/mol. The summed E-state index contributed by atoms with van der Waals surface area (Å²) in [6, 6.07) is 0. The van der Waals surface area contributed by atoms with Gasteiger partial charge in [0.1, 0.15) is 0 Å². The third-order valence-electron chi connectivity index (χ3n) is 7.48.